The fourth-order valence-electron chi connectivity index (χ4n) is 2.63. The third-order valence-corrected chi connectivity index (χ3v) is 3.94. The predicted molar refractivity (Wildman–Crippen MR) is 97.1 cm³/mol. The molecule has 0 atom stereocenters. The Morgan fingerprint density at radius 1 is 1.08 bits per heavy atom. The maximum Gasteiger partial charge on any atom is 0.325 e. The first-order chi connectivity index (χ1) is 12.6. The molecule has 0 spiro atoms. The number of carbonyl (C=O) groups excluding carboxylic acids is 2. The summed E-state index contributed by atoms with van der Waals surface area (Å²) in [4.78, 5) is 26.0. The van der Waals surface area contributed by atoms with Crippen LogP contribution in [0.3, 0.4) is 0 Å². The average molecular weight is 355 g/mol. The van der Waals surface area contributed by atoms with Crippen molar-refractivity contribution in [2.24, 2.45) is 0 Å². The van der Waals surface area contributed by atoms with Crippen LogP contribution in [0.5, 0.6) is 11.5 Å². The van der Waals surface area contributed by atoms with Crippen molar-refractivity contribution in [3.05, 3.63) is 54.1 Å². The lowest BCUT2D eigenvalue weighted by molar-refractivity contribution is -0.121. The molecule has 7 heteroatoms. The summed E-state index contributed by atoms with van der Waals surface area (Å²) < 4.78 is 10.7. The van der Waals surface area contributed by atoms with Crippen LogP contribution in [0, 0.1) is 0 Å². The highest BCUT2D eigenvalue weighted by atomic mass is 16.7. The summed E-state index contributed by atoms with van der Waals surface area (Å²) in [7, 11) is 0. The second-order valence-electron chi connectivity index (χ2n) is 5.86. The van der Waals surface area contributed by atoms with Crippen LogP contribution < -0.4 is 20.1 Å². The molecule has 0 radical (unpaired) electrons. The van der Waals surface area contributed by atoms with Gasteiger partial charge < -0.3 is 14.8 Å². The number of amides is 3. The second-order valence-corrected chi connectivity index (χ2v) is 5.86. The van der Waals surface area contributed by atoms with Gasteiger partial charge in [0, 0.05) is 12.2 Å². The maximum atomic E-state index is 12.1. The molecule has 0 saturated carbocycles. The first kappa shape index (κ1) is 17.8. The topological polar surface area (TPSA) is 79.9 Å². The number of nitrogens with one attached hydrogen (secondary N) is 2. The molecule has 0 aliphatic carbocycles. The molecule has 0 aromatic heterocycles. The molecule has 0 saturated heterocycles. The van der Waals surface area contributed by atoms with Gasteiger partial charge in [-0.25, -0.2) is 4.79 Å². The van der Waals surface area contributed by atoms with Crippen molar-refractivity contribution in [3.8, 4) is 11.5 Å². The normalized spacial score (nSPS) is 12.1. The zero-order valence-electron chi connectivity index (χ0n) is 14.5. The molecule has 1 heterocycles. The smallest absolute Gasteiger partial charge is 0.325 e. The molecule has 1 aliphatic heterocycles. The lowest BCUT2D eigenvalue weighted by Gasteiger charge is -2.20. The van der Waals surface area contributed by atoms with Crippen molar-refractivity contribution in [3.63, 3.8) is 0 Å². The number of nitrogens with zero attached hydrogens (tertiary/aromatic N) is 1. The molecule has 3 rings (SSSR count). The van der Waals surface area contributed by atoms with E-state index in [1.165, 1.54) is 0 Å². The van der Waals surface area contributed by atoms with E-state index < -0.39 is 6.03 Å². The minimum atomic E-state index is -0.541. The number of para-hydroxylation sites is 1. The Morgan fingerprint density at radius 2 is 1.85 bits per heavy atom. The Kier molecular flexibility index (Phi) is 5.70. The lowest BCUT2D eigenvalue weighted by atomic mass is 10.2. The van der Waals surface area contributed by atoms with Crippen LogP contribution in [0.15, 0.2) is 48.5 Å². The Bertz CT molecular complexity index is 780. The van der Waals surface area contributed by atoms with Crippen molar-refractivity contribution in [2.45, 2.75) is 13.5 Å². The van der Waals surface area contributed by atoms with Crippen molar-refractivity contribution >= 4 is 17.6 Å². The molecular weight excluding hydrogens is 334 g/mol. The molecule has 1 aliphatic rings. The molecule has 26 heavy (non-hydrogen) atoms. The standard InChI is InChI=1S/C19H21N3O4/c1-2-22(11-14-8-9-16-17(10-14)26-13-25-16)12-18(23)21-19(24)20-15-6-4-3-5-7-15/h3-10H,2,11-13H2,1H3,(H2,20,21,23,24). The molecule has 136 valence electrons. The van der Waals surface area contributed by atoms with Gasteiger partial charge in [0.25, 0.3) is 0 Å². The van der Waals surface area contributed by atoms with Gasteiger partial charge in [-0.3, -0.25) is 15.0 Å². The van der Waals surface area contributed by atoms with E-state index in [4.69, 9.17) is 9.47 Å². The summed E-state index contributed by atoms with van der Waals surface area (Å²) in [5, 5.41) is 4.97. The quantitative estimate of drug-likeness (QED) is 0.833. The van der Waals surface area contributed by atoms with Crippen molar-refractivity contribution in [1.82, 2.24) is 10.2 Å². The number of fused-ring (bicyclic) bond motifs is 1. The summed E-state index contributed by atoms with van der Waals surface area (Å²) in [6.45, 7) is 3.55. The van der Waals surface area contributed by atoms with E-state index in [-0.39, 0.29) is 19.2 Å². The summed E-state index contributed by atoms with van der Waals surface area (Å²) in [5.74, 6) is 1.08. The zero-order chi connectivity index (χ0) is 18.4. The number of likely N-dealkylation sites (N-methyl/N-ethyl adjacent to an activating group) is 1. The number of imide groups is 1. The van der Waals surface area contributed by atoms with Gasteiger partial charge in [-0.1, -0.05) is 31.2 Å². The van der Waals surface area contributed by atoms with Crippen LogP contribution in [-0.4, -0.2) is 36.7 Å². The van der Waals surface area contributed by atoms with Crippen molar-refractivity contribution < 1.29 is 19.1 Å². The number of urea groups is 1. The van der Waals surface area contributed by atoms with Crippen LogP contribution in [-0.2, 0) is 11.3 Å². The lowest BCUT2D eigenvalue weighted by Crippen LogP contribution is -2.41. The summed E-state index contributed by atoms with van der Waals surface area (Å²) in [6, 6.07) is 14.1. The molecule has 0 fully saturated rings. The molecule has 0 unspecified atom stereocenters. The third-order valence-electron chi connectivity index (χ3n) is 3.94. The molecule has 2 aromatic carbocycles. The van der Waals surface area contributed by atoms with E-state index in [1.54, 1.807) is 12.1 Å². The molecular formula is C19H21N3O4. The summed E-state index contributed by atoms with van der Waals surface area (Å²) in [6.07, 6.45) is 0. The number of benzene rings is 2. The van der Waals surface area contributed by atoms with Gasteiger partial charge in [-0.2, -0.15) is 0 Å². The molecule has 2 aromatic rings. The van der Waals surface area contributed by atoms with Gasteiger partial charge in [0.1, 0.15) is 0 Å². The van der Waals surface area contributed by atoms with Crippen LogP contribution in [0.1, 0.15) is 12.5 Å². The SMILES string of the molecule is CCN(CC(=O)NC(=O)Nc1ccccc1)Cc1ccc2c(c1)OCO2. The van der Waals surface area contributed by atoms with E-state index in [2.05, 4.69) is 10.6 Å². The average Bonchev–Trinajstić information content (AvgIpc) is 3.09. The van der Waals surface area contributed by atoms with Crippen LogP contribution in [0.2, 0.25) is 0 Å². The largest absolute Gasteiger partial charge is 0.454 e. The second kappa shape index (κ2) is 8.35. The number of hydrogen-bond donors (Lipinski definition) is 2. The van der Waals surface area contributed by atoms with E-state index in [0.29, 0.717) is 24.5 Å². The minimum Gasteiger partial charge on any atom is -0.454 e. The first-order valence-electron chi connectivity index (χ1n) is 8.41. The molecule has 0 bridgehead atoms. The first-order valence-corrected chi connectivity index (χ1v) is 8.41. The summed E-state index contributed by atoms with van der Waals surface area (Å²) in [5.41, 5.74) is 1.64. The maximum absolute atomic E-state index is 12.1. The van der Waals surface area contributed by atoms with Crippen LogP contribution in [0.4, 0.5) is 10.5 Å². The summed E-state index contributed by atoms with van der Waals surface area (Å²) >= 11 is 0. The highest BCUT2D eigenvalue weighted by Gasteiger charge is 2.16. The minimum absolute atomic E-state index is 0.118. The van der Waals surface area contributed by atoms with E-state index in [1.807, 2.05) is 48.2 Å². The van der Waals surface area contributed by atoms with Gasteiger partial charge in [0.05, 0.1) is 6.54 Å². The fraction of sp³-hybridized carbons (Fsp3) is 0.263. The van der Waals surface area contributed by atoms with Crippen molar-refractivity contribution in [1.29, 1.82) is 0 Å². The number of ether oxygens (including phenoxy) is 2. The van der Waals surface area contributed by atoms with Crippen molar-refractivity contribution in [2.75, 3.05) is 25.2 Å². The third kappa shape index (κ3) is 4.73. The van der Waals surface area contributed by atoms with Crippen LogP contribution in [0.25, 0.3) is 0 Å². The van der Waals surface area contributed by atoms with Gasteiger partial charge in [-0.15, -0.1) is 0 Å². The highest BCUT2D eigenvalue weighted by Crippen LogP contribution is 2.32. The highest BCUT2D eigenvalue weighted by molar-refractivity contribution is 6.01. The van der Waals surface area contributed by atoms with Gasteiger partial charge in [-0.05, 0) is 36.4 Å². The molecule has 7 nitrogen and oxygen atoms in total. The van der Waals surface area contributed by atoms with E-state index in [0.717, 1.165) is 11.3 Å². The Hall–Kier alpha value is -3.06. The predicted octanol–water partition coefficient (Wildman–Crippen LogP) is 2.59. The van der Waals surface area contributed by atoms with E-state index in [9.17, 15) is 9.59 Å². The molecule has 2 N–H and O–H groups in total. The van der Waals surface area contributed by atoms with E-state index >= 15 is 0 Å². The van der Waals surface area contributed by atoms with Crippen LogP contribution >= 0.6 is 0 Å². The monoisotopic (exact) mass is 355 g/mol. The molecule has 3 amide bonds. The number of carbonyl (C=O) groups is 2. The Labute approximate surface area is 151 Å². The number of hydrogen-bond acceptors (Lipinski definition) is 5. The Morgan fingerprint density at radius 3 is 2.62 bits per heavy atom. The number of anilines is 1. The zero-order valence-corrected chi connectivity index (χ0v) is 14.5. The van der Waals surface area contributed by atoms with Gasteiger partial charge >= 0.3 is 6.03 Å². The fourth-order valence-corrected chi connectivity index (χ4v) is 2.63. The van der Waals surface area contributed by atoms with Gasteiger partial charge in [0.2, 0.25) is 12.7 Å². The van der Waals surface area contributed by atoms with Gasteiger partial charge in [0.15, 0.2) is 11.5 Å². The Balaban J connectivity index is 1.51. The number of rotatable bonds is 6.